The molecule has 102 valence electrons. The Morgan fingerprint density at radius 1 is 1.47 bits per heavy atom. The van der Waals surface area contributed by atoms with Crippen molar-refractivity contribution in [3.63, 3.8) is 0 Å². The van der Waals surface area contributed by atoms with Gasteiger partial charge in [-0.05, 0) is 6.92 Å². The molecule has 0 aliphatic carbocycles. The monoisotopic (exact) mass is 263 g/mol. The van der Waals surface area contributed by atoms with Crippen LogP contribution in [0.1, 0.15) is 25.5 Å². The molecule has 1 aromatic rings. The fourth-order valence-corrected chi connectivity index (χ4v) is 1.96. The number of aromatic nitrogens is 2. The molecule has 0 spiro atoms. The number of hydrazone groups is 1. The topological polar surface area (TPSA) is 90.4 Å². The average Bonchev–Trinajstić information content (AvgIpc) is 2.36. The van der Waals surface area contributed by atoms with E-state index in [1.807, 2.05) is 0 Å². The molecule has 2 N–H and O–H groups in total. The Morgan fingerprint density at radius 2 is 2.16 bits per heavy atom. The van der Waals surface area contributed by atoms with Gasteiger partial charge in [0.15, 0.2) is 0 Å². The maximum atomic E-state index is 11.3. The van der Waals surface area contributed by atoms with E-state index in [4.69, 9.17) is 0 Å². The van der Waals surface area contributed by atoms with Crippen molar-refractivity contribution in [3.8, 4) is 0 Å². The van der Waals surface area contributed by atoms with Crippen LogP contribution in [0, 0.1) is 6.92 Å². The Kier molecular flexibility index (Phi) is 3.94. The average molecular weight is 263 g/mol. The smallest absolute Gasteiger partial charge is 0.252 e. The molecule has 0 saturated carbocycles. The molecular weight excluding hydrogens is 246 g/mol. The van der Waals surface area contributed by atoms with E-state index in [9.17, 15) is 9.59 Å². The van der Waals surface area contributed by atoms with Crippen molar-refractivity contribution in [1.29, 1.82) is 0 Å². The molecule has 1 amide bonds. The highest BCUT2D eigenvalue weighted by Crippen LogP contribution is 2.08. The minimum absolute atomic E-state index is 0.0942. The van der Waals surface area contributed by atoms with E-state index in [1.54, 1.807) is 18.7 Å². The van der Waals surface area contributed by atoms with E-state index < -0.39 is 0 Å². The molecular formula is C12H17N5O2. The maximum absolute atomic E-state index is 11.3. The predicted octanol–water partition coefficient (Wildman–Crippen LogP) is 0.489. The molecule has 19 heavy (non-hydrogen) atoms. The van der Waals surface area contributed by atoms with Gasteiger partial charge < -0.3 is 4.90 Å². The summed E-state index contributed by atoms with van der Waals surface area (Å²) in [7, 11) is 0. The number of rotatable bonds is 2. The van der Waals surface area contributed by atoms with E-state index in [0.717, 1.165) is 18.6 Å². The quantitative estimate of drug-likeness (QED) is 0.760. The highest BCUT2D eigenvalue weighted by molar-refractivity contribution is 5.87. The SMILES string of the molecule is CC(=O)N1CCC(=NNc2nc(C)cc(=O)[nH]2)CC1. The third-order valence-corrected chi connectivity index (χ3v) is 2.98. The first-order chi connectivity index (χ1) is 9.04. The van der Waals surface area contributed by atoms with Crippen LogP contribution in [0.3, 0.4) is 0 Å². The number of nitrogens with one attached hydrogen (secondary N) is 2. The van der Waals surface area contributed by atoms with Gasteiger partial charge >= 0.3 is 0 Å². The molecule has 0 atom stereocenters. The molecule has 1 aliphatic rings. The normalized spacial score (nSPS) is 15.3. The highest BCUT2D eigenvalue weighted by atomic mass is 16.2. The minimum atomic E-state index is -0.207. The molecule has 2 rings (SSSR count). The summed E-state index contributed by atoms with van der Waals surface area (Å²) in [6.45, 7) is 4.70. The standard InChI is InChI=1S/C12H17N5O2/c1-8-7-11(19)14-12(13-8)16-15-10-3-5-17(6-4-10)9(2)18/h7H,3-6H2,1-2H3,(H2,13,14,16,19). The molecule has 0 unspecified atom stereocenters. The van der Waals surface area contributed by atoms with Gasteiger partial charge in [0.2, 0.25) is 11.9 Å². The van der Waals surface area contributed by atoms with Crippen LogP contribution in [0.5, 0.6) is 0 Å². The third-order valence-electron chi connectivity index (χ3n) is 2.98. The van der Waals surface area contributed by atoms with Crippen molar-refractivity contribution in [2.45, 2.75) is 26.7 Å². The lowest BCUT2D eigenvalue weighted by atomic mass is 10.1. The van der Waals surface area contributed by atoms with Gasteiger partial charge in [0.1, 0.15) is 0 Å². The number of piperidine rings is 1. The number of anilines is 1. The summed E-state index contributed by atoms with van der Waals surface area (Å²) in [6, 6.07) is 1.42. The van der Waals surface area contributed by atoms with Gasteiger partial charge in [-0.1, -0.05) is 0 Å². The second-order valence-electron chi connectivity index (χ2n) is 4.53. The Morgan fingerprint density at radius 3 is 2.74 bits per heavy atom. The van der Waals surface area contributed by atoms with Gasteiger partial charge in [-0.2, -0.15) is 5.10 Å². The zero-order valence-corrected chi connectivity index (χ0v) is 11.1. The summed E-state index contributed by atoms with van der Waals surface area (Å²) in [6.07, 6.45) is 1.48. The third kappa shape index (κ3) is 3.64. The number of nitrogens with zero attached hydrogens (tertiary/aromatic N) is 3. The fourth-order valence-electron chi connectivity index (χ4n) is 1.96. The van der Waals surface area contributed by atoms with Crippen LogP contribution < -0.4 is 11.0 Å². The number of H-pyrrole nitrogens is 1. The van der Waals surface area contributed by atoms with Crippen molar-refractivity contribution in [3.05, 3.63) is 22.1 Å². The van der Waals surface area contributed by atoms with Crippen LogP contribution in [0.2, 0.25) is 0 Å². The predicted molar refractivity (Wildman–Crippen MR) is 72.1 cm³/mol. The van der Waals surface area contributed by atoms with Gasteiger partial charge in [-0.25, -0.2) is 10.4 Å². The van der Waals surface area contributed by atoms with E-state index in [1.165, 1.54) is 6.07 Å². The molecule has 0 radical (unpaired) electrons. The summed E-state index contributed by atoms with van der Waals surface area (Å²) >= 11 is 0. The van der Waals surface area contributed by atoms with Crippen molar-refractivity contribution >= 4 is 17.6 Å². The molecule has 1 saturated heterocycles. The number of hydrogen-bond donors (Lipinski definition) is 2. The molecule has 2 heterocycles. The number of carbonyl (C=O) groups excluding carboxylic acids is 1. The Labute approximate surface area is 110 Å². The Balaban J connectivity index is 1.96. The van der Waals surface area contributed by atoms with Gasteiger partial charge in [0, 0.05) is 50.3 Å². The number of aromatic amines is 1. The van der Waals surface area contributed by atoms with Crippen LogP contribution in [-0.4, -0.2) is 39.6 Å². The molecule has 0 bridgehead atoms. The number of likely N-dealkylation sites (tertiary alicyclic amines) is 1. The van der Waals surface area contributed by atoms with E-state index >= 15 is 0 Å². The summed E-state index contributed by atoms with van der Waals surface area (Å²) < 4.78 is 0. The molecule has 1 aliphatic heterocycles. The number of hydrogen-bond acceptors (Lipinski definition) is 5. The van der Waals surface area contributed by atoms with Crippen molar-refractivity contribution in [2.75, 3.05) is 18.5 Å². The first-order valence-electron chi connectivity index (χ1n) is 6.19. The molecule has 1 aromatic heterocycles. The molecule has 1 fully saturated rings. The second kappa shape index (κ2) is 5.64. The second-order valence-corrected chi connectivity index (χ2v) is 4.53. The van der Waals surface area contributed by atoms with Gasteiger partial charge in [-0.3, -0.25) is 14.6 Å². The lowest BCUT2D eigenvalue weighted by Gasteiger charge is -2.26. The van der Waals surface area contributed by atoms with E-state index in [0.29, 0.717) is 24.7 Å². The van der Waals surface area contributed by atoms with Gasteiger partial charge in [0.25, 0.3) is 5.56 Å². The Bertz CT molecular complexity index is 553. The first-order valence-corrected chi connectivity index (χ1v) is 6.19. The lowest BCUT2D eigenvalue weighted by molar-refractivity contribution is -0.128. The van der Waals surface area contributed by atoms with Crippen LogP contribution >= 0.6 is 0 Å². The van der Waals surface area contributed by atoms with Crippen LogP contribution in [-0.2, 0) is 4.79 Å². The summed E-state index contributed by atoms with van der Waals surface area (Å²) in [5, 5.41) is 4.23. The van der Waals surface area contributed by atoms with Crippen molar-refractivity contribution < 1.29 is 4.79 Å². The maximum Gasteiger partial charge on any atom is 0.252 e. The fraction of sp³-hybridized carbons (Fsp3) is 0.500. The number of carbonyl (C=O) groups is 1. The molecule has 0 aromatic carbocycles. The minimum Gasteiger partial charge on any atom is -0.342 e. The van der Waals surface area contributed by atoms with Crippen LogP contribution in [0.25, 0.3) is 0 Å². The van der Waals surface area contributed by atoms with Gasteiger partial charge in [0.05, 0.1) is 0 Å². The first kappa shape index (κ1) is 13.3. The van der Waals surface area contributed by atoms with E-state index in [-0.39, 0.29) is 11.5 Å². The largest absolute Gasteiger partial charge is 0.342 e. The molecule has 7 nitrogen and oxygen atoms in total. The van der Waals surface area contributed by atoms with E-state index in [2.05, 4.69) is 20.5 Å². The summed E-state index contributed by atoms with van der Waals surface area (Å²) in [4.78, 5) is 30.9. The Hall–Kier alpha value is -2.18. The zero-order valence-electron chi connectivity index (χ0n) is 11.1. The number of aryl methyl sites for hydroxylation is 1. The van der Waals surface area contributed by atoms with Crippen LogP contribution in [0.15, 0.2) is 16.0 Å². The lowest BCUT2D eigenvalue weighted by Crippen LogP contribution is -2.37. The van der Waals surface area contributed by atoms with Crippen LogP contribution in [0.4, 0.5) is 5.95 Å². The molecule has 7 heteroatoms. The summed E-state index contributed by atoms with van der Waals surface area (Å²) in [5.41, 5.74) is 4.16. The van der Waals surface area contributed by atoms with Crippen molar-refractivity contribution in [2.24, 2.45) is 5.10 Å². The van der Waals surface area contributed by atoms with Gasteiger partial charge in [-0.15, -0.1) is 0 Å². The zero-order chi connectivity index (χ0) is 13.8. The summed E-state index contributed by atoms with van der Waals surface area (Å²) in [5.74, 6) is 0.434. The number of amides is 1. The highest BCUT2D eigenvalue weighted by Gasteiger charge is 2.16. The van der Waals surface area contributed by atoms with Crippen molar-refractivity contribution in [1.82, 2.24) is 14.9 Å².